The van der Waals surface area contributed by atoms with E-state index in [4.69, 9.17) is 21.1 Å². The van der Waals surface area contributed by atoms with E-state index < -0.39 is 0 Å². The summed E-state index contributed by atoms with van der Waals surface area (Å²) < 4.78 is 24.2. The second kappa shape index (κ2) is 9.92. The van der Waals surface area contributed by atoms with Crippen LogP contribution in [0.15, 0.2) is 41.5 Å². The molecule has 2 aromatic rings. The molecule has 0 aliphatic rings. The van der Waals surface area contributed by atoms with Crippen molar-refractivity contribution in [3.8, 4) is 11.5 Å². The van der Waals surface area contributed by atoms with Gasteiger partial charge in [0.2, 0.25) is 5.91 Å². The second-order valence-corrected chi connectivity index (χ2v) is 6.43. The van der Waals surface area contributed by atoms with E-state index in [9.17, 15) is 9.18 Å². The number of hydrogen-bond acceptors (Lipinski definition) is 4. The molecule has 0 spiro atoms. The van der Waals surface area contributed by atoms with Crippen molar-refractivity contribution in [2.45, 2.75) is 33.3 Å². The van der Waals surface area contributed by atoms with E-state index in [1.165, 1.54) is 18.3 Å². The number of carbonyl (C=O) groups is 1. The minimum absolute atomic E-state index is 0.0491. The zero-order chi connectivity index (χ0) is 19.8. The molecule has 0 radical (unpaired) electrons. The van der Waals surface area contributed by atoms with Gasteiger partial charge in [0.15, 0.2) is 11.5 Å². The summed E-state index contributed by atoms with van der Waals surface area (Å²) in [5.74, 6) is 0.335. The van der Waals surface area contributed by atoms with Crippen LogP contribution in [0.5, 0.6) is 11.5 Å². The Morgan fingerprint density at radius 1 is 1.30 bits per heavy atom. The van der Waals surface area contributed by atoms with E-state index in [1.807, 2.05) is 20.8 Å². The molecule has 2 rings (SSSR count). The molecule has 0 saturated carbocycles. The minimum atomic E-state index is -0.343. The van der Waals surface area contributed by atoms with Crippen molar-refractivity contribution in [3.05, 3.63) is 58.4 Å². The lowest BCUT2D eigenvalue weighted by Crippen LogP contribution is -2.19. The van der Waals surface area contributed by atoms with Crippen LogP contribution >= 0.6 is 11.6 Å². The van der Waals surface area contributed by atoms with Gasteiger partial charge in [-0.05, 0) is 56.2 Å². The molecule has 0 aromatic heterocycles. The van der Waals surface area contributed by atoms with Gasteiger partial charge in [0, 0.05) is 0 Å². The van der Waals surface area contributed by atoms with Crippen molar-refractivity contribution in [2.24, 2.45) is 5.10 Å². The third-order valence-electron chi connectivity index (χ3n) is 3.37. The quantitative estimate of drug-likeness (QED) is 0.536. The molecule has 1 N–H and O–H groups in total. The molecule has 0 saturated heterocycles. The number of nitrogens with zero attached hydrogens (tertiary/aromatic N) is 1. The molecule has 0 atom stereocenters. The van der Waals surface area contributed by atoms with Crippen molar-refractivity contribution in [1.29, 1.82) is 0 Å². The van der Waals surface area contributed by atoms with E-state index in [0.717, 1.165) is 0 Å². The highest BCUT2D eigenvalue weighted by atomic mass is 35.5. The molecule has 7 heteroatoms. The van der Waals surface area contributed by atoms with Crippen LogP contribution in [0.1, 0.15) is 31.9 Å². The number of hydrazone groups is 1. The Bertz CT molecular complexity index is 808. The van der Waals surface area contributed by atoms with Gasteiger partial charge >= 0.3 is 0 Å². The lowest BCUT2D eigenvalue weighted by Gasteiger charge is -2.16. The van der Waals surface area contributed by atoms with Gasteiger partial charge in [-0.2, -0.15) is 5.10 Å². The lowest BCUT2D eigenvalue weighted by molar-refractivity contribution is -0.120. The highest BCUT2D eigenvalue weighted by molar-refractivity contribution is 6.32. The maximum absolute atomic E-state index is 12.9. The summed E-state index contributed by atoms with van der Waals surface area (Å²) in [7, 11) is 0. The van der Waals surface area contributed by atoms with Crippen LogP contribution in [0, 0.1) is 5.82 Å². The molecule has 144 valence electrons. The number of halogens is 2. The molecule has 0 heterocycles. The Morgan fingerprint density at radius 2 is 2.00 bits per heavy atom. The molecule has 2 aromatic carbocycles. The number of hydrogen-bond donors (Lipinski definition) is 1. The maximum Gasteiger partial charge on any atom is 0.244 e. The van der Waals surface area contributed by atoms with Gasteiger partial charge in [0.25, 0.3) is 0 Å². The maximum atomic E-state index is 12.9. The standard InChI is InChI=1S/C20H22ClFN2O3/c1-4-26-18-10-15(9-17(21)20(18)27-13(2)3)12-23-24-19(25)11-14-5-7-16(22)8-6-14/h5-10,12-13H,4,11H2,1-3H3,(H,24,25)/b23-12+. The molecule has 0 fully saturated rings. The molecule has 0 bridgehead atoms. The fraction of sp³-hybridized carbons (Fsp3) is 0.300. The Morgan fingerprint density at radius 3 is 2.63 bits per heavy atom. The van der Waals surface area contributed by atoms with Gasteiger partial charge in [-0.1, -0.05) is 23.7 Å². The summed E-state index contributed by atoms with van der Waals surface area (Å²) in [6.07, 6.45) is 1.52. The average Bonchev–Trinajstić information content (AvgIpc) is 2.60. The fourth-order valence-electron chi connectivity index (χ4n) is 2.28. The predicted molar refractivity (Wildman–Crippen MR) is 104 cm³/mol. The number of benzene rings is 2. The lowest BCUT2D eigenvalue weighted by atomic mass is 10.1. The first-order chi connectivity index (χ1) is 12.9. The molecule has 0 aliphatic heterocycles. The first-order valence-electron chi connectivity index (χ1n) is 8.58. The zero-order valence-electron chi connectivity index (χ0n) is 15.5. The Hall–Kier alpha value is -2.60. The Labute approximate surface area is 163 Å². The number of carbonyl (C=O) groups excluding carboxylic acids is 1. The van der Waals surface area contributed by atoms with E-state index in [-0.39, 0.29) is 24.2 Å². The monoisotopic (exact) mass is 392 g/mol. The summed E-state index contributed by atoms with van der Waals surface area (Å²) in [4.78, 5) is 11.9. The number of nitrogens with one attached hydrogen (secondary N) is 1. The Balaban J connectivity index is 2.04. The van der Waals surface area contributed by atoms with Crippen LogP contribution in [0.4, 0.5) is 4.39 Å². The zero-order valence-corrected chi connectivity index (χ0v) is 16.2. The van der Waals surface area contributed by atoms with E-state index >= 15 is 0 Å². The van der Waals surface area contributed by atoms with Crippen molar-refractivity contribution >= 4 is 23.7 Å². The molecular formula is C20H22ClFN2O3. The van der Waals surface area contributed by atoms with E-state index in [2.05, 4.69) is 10.5 Å². The average molecular weight is 393 g/mol. The first-order valence-corrected chi connectivity index (χ1v) is 8.96. The minimum Gasteiger partial charge on any atom is -0.490 e. The summed E-state index contributed by atoms with van der Waals surface area (Å²) in [6.45, 7) is 6.12. The van der Waals surface area contributed by atoms with Crippen LogP contribution in [0.25, 0.3) is 0 Å². The topological polar surface area (TPSA) is 59.9 Å². The van der Waals surface area contributed by atoms with Crippen LogP contribution in [-0.2, 0) is 11.2 Å². The summed E-state index contributed by atoms with van der Waals surface area (Å²) in [5, 5.41) is 4.33. The third kappa shape index (κ3) is 6.57. The van der Waals surface area contributed by atoms with Gasteiger partial charge in [0.05, 0.1) is 30.4 Å². The molecule has 5 nitrogen and oxygen atoms in total. The van der Waals surface area contributed by atoms with Gasteiger partial charge in [0.1, 0.15) is 5.82 Å². The summed E-state index contributed by atoms with van der Waals surface area (Å²) in [6, 6.07) is 9.15. The fourth-order valence-corrected chi connectivity index (χ4v) is 2.55. The van der Waals surface area contributed by atoms with Gasteiger partial charge in [-0.15, -0.1) is 0 Å². The molecule has 0 unspecified atom stereocenters. The largest absolute Gasteiger partial charge is 0.490 e. The number of ether oxygens (including phenoxy) is 2. The van der Waals surface area contributed by atoms with E-state index in [0.29, 0.717) is 34.3 Å². The summed E-state index contributed by atoms with van der Waals surface area (Å²) in [5.41, 5.74) is 3.78. The van der Waals surface area contributed by atoms with Gasteiger partial charge in [-0.3, -0.25) is 4.79 Å². The highest BCUT2D eigenvalue weighted by Gasteiger charge is 2.13. The van der Waals surface area contributed by atoms with Crippen molar-refractivity contribution in [2.75, 3.05) is 6.61 Å². The molecule has 0 aliphatic carbocycles. The normalized spacial score (nSPS) is 11.0. The molecule has 27 heavy (non-hydrogen) atoms. The predicted octanol–water partition coefficient (Wildman–Crippen LogP) is 4.36. The van der Waals surface area contributed by atoms with Crippen LogP contribution in [0.2, 0.25) is 5.02 Å². The molecular weight excluding hydrogens is 371 g/mol. The summed E-state index contributed by atoms with van der Waals surface area (Å²) >= 11 is 6.29. The van der Waals surface area contributed by atoms with Crippen LogP contribution < -0.4 is 14.9 Å². The van der Waals surface area contributed by atoms with E-state index in [1.54, 1.807) is 24.3 Å². The van der Waals surface area contributed by atoms with Crippen LogP contribution in [0.3, 0.4) is 0 Å². The van der Waals surface area contributed by atoms with Crippen LogP contribution in [-0.4, -0.2) is 24.8 Å². The third-order valence-corrected chi connectivity index (χ3v) is 3.65. The van der Waals surface area contributed by atoms with Gasteiger partial charge < -0.3 is 9.47 Å². The number of rotatable bonds is 8. The smallest absolute Gasteiger partial charge is 0.244 e. The SMILES string of the molecule is CCOc1cc(/C=N/NC(=O)Cc2ccc(F)cc2)cc(Cl)c1OC(C)C. The van der Waals surface area contributed by atoms with Crippen molar-refractivity contribution in [3.63, 3.8) is 0 Å². The Kier molecular flexibility index (Phi) is 7.61. The van der Waals surface area contributed by atoms with Gasteiger partial charge in [-0.25, -0.2) is 9.82 Å². The van der Waals surface area contributed by atoms with Crippen molar-refractivity contribution < 1.29 is 18.7 Å². The first kappa shape index (κ1) is 20.7. The van der Waals surface area contributed by atoms with Crippen molar-refractivity contribution in [1.82, 2.24) is 5.43 Å². The highest BCUT2D eigenvalue weighted by Crippen LogP contribution is 2.37. The number of amides is 1. The second-order valence-electron chi connectivity index (χ2n) is 6.03. The molecule has 1 amide bonds.